The van der Waals surface area contributed by atoms with Gasteiger partial charge in [0.15, 0.2) is 0 Å². The molecule has 0 bridgehead atoms. The zero-order chi connectivity index (χ0) is 15.0. The van der Waals surface area contributed by atoms with Crippen LogP contribution in [0.4, 0.5) is 0 Å². The molecule has 2 atom stereocenters. The van der Waals surface area contributed by atoms with Gasteiger partial charge in [0.2, 0.25) is 0 Å². The average molecular weight is 283 g/mol. The van der Waals surface area contributed by atoms with E-state index < -0.39 is 12.1 Å². The highest BCUT2D eigenvalue weighted by Crippen LogP contribution is 2.31. The molecule has 3 rings (SSSR count). The summed E-state index contributed by atoms with van der Waals surface area (Å²) in [5.41, 5.74) is 3.22. The van der Waals surface area contributed by atoms with Crippen LogP contribution in [0.5, 0.6) is 5.75 Å². The van der Waals surface area contributed by atoms with Crippen LogP contribution < -0.4 is 5.32 Å². The van der Waals surface area contributed by atoms with Gasteiger partial charge < -0.3 is 15.5 Å². The van der Waals surface area contributed by atoms with E-state index in [0.29, 0.717) is 12.0 Å². The van der Waals surface area contributed by atoms with Crippen LogP contribution in [0.2, 0.25) is 0 Å². The first-order valence-electron chi connectivity index (χ1n) is 6.92. The molecule has 0 saturated carbocycles. The first kappa shape index (κ1) is 13.6. The summed E-state index contributed by atoms with van der Waals surface area (Å²) >= 11 is 0. The number of nitrogens with one attached hydrogen (secondary N) is 1. The normalized spacial score (nSPS) is 20.1. The minimum Gasteiger partial charge on any atom is -0.508 e. The summed E-state index contributed by atoms with van der Waals surface area (Å²) in [6.07, 6.45) is -0.0787. The van der Waals surface area contributed by atoms with E-state index in [-0.39, 0.29) is 11.7 Å². The molecule has 2 aromatic rings. The van der Waals surface area contributed by atoms with Crippen LogP contribution in [0.1, 0.15) is 33.1 Å². The predicted molar refractivity (Wildman–Crippen MR) is 79.2 cm³/mol. The van der Waals surface area contributed by atoms with Crippen molar-refractivity contribution >= 4 is 5.91 Å². The quantitative estimate of drug-likeness (QED) is 0.790. The van der Waals surface area contributed by atoms with Crippen LogP contribution in [0.15, 0.2) is 42.5 Å². The summed E-state index contributed by atoms with van der Waals surface area (Å²) in [4.78, 5) is 12.3. The molecule has 4 heteroatoms. The average Bonchev–Trinajstić information content (AvgIpc) is 2.74. The minimum absolute atomic E-state index is 0.0625. The molecule has 2 unspecified atom stereocenters. The molecule has 0 saturated heterocycles. The molecule has 0 spiro atoms. The summed E-state index contributed by atoms with van der Waals surface area (Å²) in [6, 6.07) is 12.0. The third-order valence-electron chi connectivity index (χ3n) is 3.81. The third kappa shape index (κ3) is 2.62. The highest BCUT2D eigenvalue weighted by atomic mass is 16.3. The van der Waals surface area contributed by atoms with E-state index in [1.807, 2.05) is 31.2 Å². The van der Waals surface area contributed by atoms with E-state index in [1.165, 1.54) is 6.07 Å². The lowest BCUT2D eigenvalue weighted by molar-refractivity contribution is 0.0858. The Hall–Kier alpha value is -2.33. The van der Waals surface area contributed by atoms with Gasteiger partial charge in [-0.25, -0.2) is 0 Å². The summed E-state index contributed by atoms with van der Waals surface area (Å²) < 4.78 is 0. The fraction of sp³-hybridized carbons (Fsp3) is 0.235. The fourth-order valence-electron chi connectivity index (χ4n) is 2.87. The summed E-state index contributed by atoms with van der Waals surface area (Å²) in [6.45, 7) is 1.82. The highest BCUT2D eigenvalue weighted by molar-refractivity contribution is 5.95. The van der Waals surface area contributed by atoms with Crippen LogP contribution in [-0.2, 0) is 6.42 Å². The van der Waals surface area contributed by atoms with Gasteiger partial charge >= 0.3 is 0 Å². The Labute approximate surface area is 123 Å². The maximum Gasteiger partial charge on any atom is 0.251 e. The number of fused-ring (bicyclic) bond motifs is 1. The SMILES string of the molecule is Cc1cc(O)cc(C(=O)NC2c3ccccc3CC2O)c1. The highest BCUT2D eigenvalue weighted by Gasteiger charge is 2.32. The fourth-order valence-corrected chi connectivity index (χ4v) is 2.87. The van der Waals surface area contributed by atoms with Crippen molar-refractivity contribution < 1.29 is 15.0 Å². The number of carbonyl (C=O) groups is 1. The number of hydrogen-bond donors (Lipinski definition) is 3. The standard InChI is InChI=1S/C17H17NO3/c1-10-6-12(8-13(19)7-10)17(21)18-16-14-5-3-2-4-11(14)9-15(16)20/h2-8,15-16,19-20H,9H2,1H3,(H,18,21). The smallest absolute Gasteiger partial charge is 0.251 e. The van der Waals surface area contributed by atoms with Gasteiger partial charge in [0.1, 0.15) is 5.75 Å². The van der Waals surface area contributed by atoms with E-state index >= 15 is 0 Å². The number of phenolic OH excluding ortho intramolecular Hbond substituents is 1. The first-order valence-corrected chi connectivity index (χ1v) is 6.92. The number of aromatic hydroxyl groups is 1. The molecule has 108 valence electrons. The van der Waals surface area contributed by atoms with Gasteiger partial charge in [-0.3, -0.25) is 4.79 Å². The lowest BCUT2D eigenvalue weighted by Gasteiger charge is -2.18. The second-order valence-electron chi connectivity index (χ2n) is 5.48. The van der Waals surface area contributed by atoms with Crippen molar-refractivity contribution in [2.24, 2.45) is 0 Å². The summed E-state index contributed by atoms with van der Waals surface area (Å²) in [7, 11) is 0. The van der Waals surface area contributed by atoms with E-state index in [4.69, 9.17) is 0 Å². The number of phenols is 1. The van der Waals surface area contributed by atoms with Crippen molar-refractivity contribution in [3.8, 4) is 5.75 Å². The Balaban J connectivity index is 1.85. The first-order chi connectivity index (χ1) is 10.0. The monoisotopic (exact) mass is 283 g/mol. The van der Waals surface area contributed by atoms with Crippen molar-refractivity contribution in [2.75, 3.05) is 0 Å². The molecule has 1 aliphatic rings. The van der Waals surface area contributed by atoms with Gasteiger partial charge in [-0.2, -0.15) is 0 Å². The zero-order valence-corrected chi connectivity index (χ0v) is 11.7. The van der Waals surface area contributed by atoms with Crippen molar-refractivity contribution in [1.82, 2.24) is 5.32 Å². The maximum absolute atomic E-state index is 12.3. The van der Waals surface area contributed by atoms with Gasteiger partial charge in [-0.05, 0) is 41.8 Å². The van der Waals surface area contributed by atoms with Crippen LogP contribution >= 0.6 is 0 Å². The molecular weight excluding hydrogens is 266 g/mol. The Morgan fingerprint density at radius 3 is 2.76 bits per heavy atom. The Morgan fingerprint density at radius 2 is 2.00 bits per heavy atom. The van der Waals surface area contributed by atoms with Gasteiger partial charge in [-0.15, -0.1) is 0 Å². The molecule has 0 radical (unpaired) electrons. The van der Waals surface area contributed by atoms with Gasteiger partial charge in [-0.1, -0.05) is 24.3 Å². The second-order valence-corrected chi connectivity index (χ2v) is 5.48. The number of aliphatic hydroxyl groups is 1. The molecule has 0 fully saturated rings. The Morgan fingerprint density at radius 1 is 1.24 bits per heavy atom. The van der Waals surface area contributed by atoms with E-state index in [1.54, 1.807) is 12.1 Å². The molecule has 1 amide bonds. The summed E-state index contributed by atoms with van der Waals surface area (Å²) in [5, 5.41) is 22.6. The van der Waals surface area contributed by atoms with Crippen LogP contribution in [-0.4, -0.2) is 22.2 Å². The van der Waals surface area contributed by atoms with Crippen molar-refractivity contribution in [1.29, 1.82) is 0 Å². The van der Waals surface area contributed by atoms with E-state index in [2.05, 4.69) is 5.32 Å². The molecule has 3 N–H and O–H groups in total. The van der Waals surface area contributed by atoms with Crippen LogP contribution in [0, 0.1) is 6.92 Å². The number of carbonyl (C=O) groups excluding carboxylic acids is 1. The van der Waals surface area contributed by atoms with Gasteiger partial charge in [0, 0.05) is 12.0 Å². The molecule has 4 nitrogen and oxygen atoms in total. The third-order valence-corrected chi connectivity index (χ3v) is 3.81. The van der Waals surface area contributed by atoms with E-state index in [9.17, 15) is 15.0 Å². The maximum atomic E-state index is 12.3. The Kier molecular flexibility index (Phi) is 3.39. The van der Waals surface area contributed by atoms with E-state index in [0.717, 1.165) is 16.7 Å². The predicted octanol–water partition coefficient (Wildman–Crippen LogP) is 2.09. The van der Waals surface area contributed by atoms with Crippen molar-refractivity contribution in [3.05, 3.63) is 64.7 Å². The number of hydrogen-bond acceptors (Lipinski definition) is 3. The van der Waals surface area contributed by atoms with Crippen LogP contribution in [0.25, 0.3) is 0 Å². The number of benzene rings is 2. The number of rotatable bonds is 2. The lowest BCUT2D eigenvalue weighted by Crippen LogP contribution is -2.33. The van der Waals surface area contributed by atoms with Crippen LogP contribution in [0.3, 0.4) is 0 Å². The lowest BCUT2D eigenvalue weighted by atomic mass is 10.1. The minimum atomic E-state index is -0.621. The molecule has 0 heterocycles. The van der Waals surface area contributed by atoms with Crippen molar-refractivity contribution in [3.63, 3.8) is 0 Å². The topological polar surface area (TPSA) is 69.6 Å². The number of aliphatic hydroxyl groups excluding tert-OH is 1. The molecule has 2 aromatic carbocycles. The number of amides is 1. The molecule has 0 aromatic heterocycles. The van der Waals surface area contributed by atoms with Gasteiger partial charge in [0.25, 0.3) is 5.91 Å². The second kappa shape index (κ2) is 5.22. The Bertz CT molecular complexity index is 676. The summed E-state index contributed by atoms with van der Waals surface area (Å²) in [5.74, 6) is -0.234. The van der Waals surface area contributed by atoms with Gasteiger partial charge in [0.05, 0.1) is 12.1 Å². The largest absolute Gasteiger partial charge is 0.508 e. The zero-order valence-electron chi connectivity index (χ0n) is 11.7. The molecule has 1 aliphatic carbocycles. The van der Waals surface area contributed by atoms with Crippen molar-refractivity contribution in [2.45, 2.75) is 25.5 Å². The molecule has 0 aliphatic heterocycles. The molecular formula is C17H17NO3. The molecule has 21 heavy (non-hydrogen) atoms. The number of aryl methyl sites for hydroxylation is 1.